The fraction of sp³-hybridized carbons (Fsp3) is 0.0870. The molecule has 0 radical (unpaired) electrons. The molecule has 0 bridgehead atoms. The molecule has 0 atom stereocenters. The molecule has 31 heavy (non-hydrogen) atoms. The molecule has 3 aromatic carbocycles. The van der Waals surface area contributed by atoms with Gasteiger partial charge in [0.25, 0.3) is 10.0 Å². The second-order valence-corrected chi connectivity index (χ2v) is 9.20. The molecule has 0 aliphatic heterocycles. The van der Waals surface area contributed by atoms with Crippen LogP contribution >= 0.6 is 15.9 Å². The van der Waals surface area contributed by atoms with Crippen molar-refractivity contribution >= 4 is 49.3 Å². The molecule has 1 amide bonds. The Morgan fingerprint density at radius 1 is 1.03 bits per heavy atom. The number of nitrogens with one attached hydrogen (secondary N) is 2. The van der Waals surface area contributed by atoms with Crippen LogP contribution in [0.1, 0.15) is 11.1 Å². The fourth-order valence-corrected chi connectivity index (χ4v) is 4.09. The Labute approximate surface area is 190 Å². The van der Waals surface area contributed by atoms with Crippen molar-refractivity contribution in [3.63, 3.8) is 0 Å². The quantitative estimate of drug-likeness (QED) is 0.435. The molecule has 0 aliphatic rings. The minimum absolute atomic E-state index is 0.102. The van der Waals surface area contributed by atoms with Crippen LogP contribution in [0, 0.1) is 6.92 Å². The zero-order valence-electron chi connectivity index (χ0n) is 16.9. The number of para-hydroxylation sites is 2. The van der Waals surface area contributed by atoms with Gasteiger partial charge in [-0.2, -0.15) is 0 Å². The molecular formula is C23H21BrN2O4S. The zero-order chi connectivity index (χ0) is 22.4. The van der Waals surface area contributed by atoms with Crippen LogP contribution in [0.5, 0.6) is 5.75 Å². The van der Waals surface area contributed by atoms with Gasteiger partial charge in [-0.3, -0.25) is 9.52 Å². The first-order valence-electron chi connectivity index (χ1n) is 9.29. The highest BCUT2D eigenvalue weighted by Gasteiger charge is 2.16. The van der Waals surface area contributed by atoms with Crippen LogP contribution in [0.15, 0.2) is 82.2 Å². The lowest BCUT2D eigenvalue weighted by molar-refractivity contribution is -0.111. The molecule has 0 fully saturated rings. The Hall–Kier alpha value is -3.10. The molecule has 2 N–H and O–H groups in total. The molecule has 0 saturated carbocycles. The minimum Gasteiger partial charge on any atom is -0.495 e. The molecule has 0 aromatic heterocycles. The summed E-state index contributed by atoms with van der Waals surface area (Å²) in [5, 5.41) is 2.79. The van der Waals surface area contributed by atoms with E-state index >= 15 is 0 Å². The number of methoxy groups -OCH3 is 1. The Morgan fingerprint density at radius 3 is 2.42 bits per heavy atom. The monoisotopic (exact) mass is 500 g/mol. The summed E-state index contributed by atoms with van der Waals surface area (Å²) in [6.45, 7) is 1.94. The maximum Gasteiger partial charge on any atom is 0.262 e. The van der Waals surface area contributed by atoms with E-state index in [1.165, 1.54) is 25.3 Å². The molecule has 0 aliphatic carbocycles. The lowest BCUT2D eigenvalue weighted by atomic mass is 10.2. The third-order valence-electron chi connectivity index (χ3n) is 4.39. The summed E-state index contributed by atoms with van der Waals surface area (Å²) in [6, 6.07) is 18.5. The summed E-state index contributed by atoms with van der Waals surface area (Å²) in [5.41, 5.74) is 2.76. The molecule has 0 spiro atoms. The first kappa shape index (κ1) is 22.6. The van der Waals surface area contributed by atoms with Crippen molar-refractivity contribution in [3.8, 4) is 5.75 Å². The summed E-state index contributed by atoms with van der Waals surface area (Å²) in [7, 11) is -2.30. The maximum atomic E-state index is 12.6. The first-order valence-corrected chi connectivity index (χ1v) is 11.6. The smallest absolute Gasteiger partial charge is 0.262 e. The molecule has 0 heterocycles. The minimum atomic E-state index is -3.78. The highest BCUT2D eigenvalue weighted by Crippen LogP contribution is 2.26. The second-order valence-electron chi connectivity index (χ2n) is 6.66. The number of hydrogen-bond acceptors (Lipinski definition) is 4. The number of ether oxygens (including phenoxy) is 1. The van der Waals surface area contributed by atoms with Crippen LogP contribution < -0.4 is 14.8 Å². The van der Waals surface area contributed by atoms with Crippen molar-refractivity contribution < 1.29 is 17.9 Å². The van der Waals surface area contributed by atoms with Crippen LogP contribution in [0.4, 0.5) is 11.4 Å². The van der Waals surface area contributed by atoms with Gasteiger partial charge in [-0.25, -0.2) is 8.42 Å². The number of carbonyl (C=O) groups excluding carboxylic acids is 1. The normalized spacial score (nSPS) is 11.3. The van der Waals surface area contributed by atoms with Crippen molar-refractivity contribution in [2.75, 3.05) is 17.1 Å². The van der Waals surface area contributed by atoms with Gasteiger partial charge < -0.3 is 10.1 Å². The number of carbonyl (C=O) groups is 1. The number of amides is 1. The Bertz CT molecular complexity index is 1220. The molecule has 0 unspecified atom stereocenters. The topological polar surface area (TPSA) is 84.5 Å². The van der Waals surface area contributed by atoms with E-state index in [0.717, 1.165) is 10.0 Å². The summed E-state index contributed by atoms with van der Waals surface area (Å²) in [4.78, 5) is 12.2. The van der Waals surface area contributed by atoms with E-state index in [1.807, 2.05) is 19.1 Å². The van der Waals surface area contributed by atoms with Gasteiger partial charge >= 0.3 is 0 Å². The number of benzene rings is 3. The van der Waals surface area contributed by atoms with Crippen LogP contribution in [0.3, 0.4) is 0 Å². The molecule has 8 heteroatoms. The summed E-state index contributed by atoms with van der Waals surface area (Å²) < 4.78 is 34.0. The van der Waals surface area contributed by atoms with E-state index in [-0.39, 0.29) is 10.8 Å². The number of rotatable bonds is 7. The summed E-state index contributed by atoms with van der Waals surface area (Å²) in [5.74, 6) is 0.147. The van der Waals surface area contributed by atoms with Gasteiger partial charge in [0.15, 0.2) is 0 Å². The van der Waals surface area contributed by atoms with Crippen LogP contribution in [0.25, 0.3) is 6.08 Å². The number of sulfonamides is 1. The third-order valence-corrected chi connectivity index (χ3v) is 6.67. The van der Waals surface area contributed by atoms with E-state index < -0.39 is 10.0 Å². The van der Waals surface area contributed by atoms with Crippen molar-refractivity contribution in [2.24, 2.45) is 0 Å². The van der Waals surface area contributed by atoms with E-state index in [9.17, 15) is 13.2 Å². The van der Waals surface area contributed by atoms with Crippen molar-refractivity contribution in [1.29, 1.82) is 0 Å². The molecule has 3 aromatic rings. The van der Waals surface area contributed by atoms with Crippen LogP contribution in [-0.4, -0.2) is 21.4 Å². The van der Waals surface area contributed by atoms with Gasteiger partial charge in [-0.05, 0) is 66.6 Å². The van der Waals surface area contributed by atoms with Gasteiger partial charge in [-0.1, -0.05) is 40.2 Å². The Balaban J connectivity index is 1.67. The molecule has 0 saturated heterocycles. The number of anilines is 2. The van der Waals surface area contributed by atoms with Crippen LogP contribution in [0.2, 0.25) is 0 Å². The Morgan fingerprint density at radius 2 is 1.74 bits per heavy atom. The molecule has 3 rings (SSSR count). The van der Waals surface area contributed by atoms with Gasteiger partial charge in [0, 0.05) is 16.2 Å². The van der Waals surface area contributed by atoms with Gasteiger partial charge in [0.1, 0.15) is 5.75 Å². The largest absolute Gasteiger partial charge is 0.495 e. The predicted molar refractivity (Wildman–Crippen MR) is 127 cm³/mol. The number of aryl methyl sites for hydroxylation is 1. The van der Waals surface area contributed by atoms with Crippen molar-refractivity contribution in [3.05, 3.63) is 88.4 Å². The van der Waals surface area contributed by atoms with E-state index in [1.54, 1.807) is 48.5 Å². The molecule has 160 valence electrons. The number of hydrogen-bond donors (Lipinski definition) is 2. The second kappa shape index (κ2) is 9.80. The standard InChI is InChI=1S/C23H21BrN2O4S/c1-16-15-18(10-13-20(16)24)25-23(27)14-9-17-7-11-19(12-8-17)31(28,29)26-21-5-3-4-6-22(21)30-2/h3-15,26H,1-2H3,(H,25,27). The lowest BCUT2D eigenvalue weighted by Crippen LogP contribution is -2.13. The summed E-state index contributed by atoms with van der Waals surface area (Å²) >= 11 is 3.42. The average Bonchev–Trinajstić information content (AvgIpc) is 2.75. The van der Waals surface area contributed by atoms with Gasteiger partial charge in [0.2, 0.25) is 5.91 Å². The average molecular weight is 501 g/mol. The van der Waals surface area contributed by atoms with Gasteiger partial charge in [0.05, 0.1) is 17.7 Å². The third kappa shape index (κ3) is 5.96. The predicted octanol–water partition coefficient (Wildman–Crippen LogP) is 5.22. The van der Waals surface area contributed by atoms with E-state index in [4.69, 9.17) is 4.74 Å². The molecular weight excluding hydrogens is 480 g/mol. The molecule has 6 nitrogen and oxygen atoms in total. The SMILES string of the molecule is COc1ccccc1NS(=O)(=O)c1ccc(C=CC(=O)Nc2ccc(Br)c(C)c2)cc1. The summed E-state index contributed by atoms with van der Waals surface area (Å²) in [6.07, 6.45) is 3.01. The number of halogens is 1. The first-order chi connectivity index (χ1) is 14.8. The zero-order valence-corrected chi connectivity index (χ0v) is 19.3. The fourth-order valence-electron chi connectivity index (χ4n) is 2.77. The highest BCUT2D eigenvalue weighted by atomic mass is 79.9. The lowest BCUT2D eigenvalue weighted by Gasteiger charge is -2.11. The Kier molecular flexibility index (Phi) is 7.14. The highest BCUT2D eigenvalue weighted by molar-refractivity contribution is 9.10. The van der Waals surface area contributed by atoms with Gasteiger partial charge in [-0.15, -0.1) is 0 Å². The maximum absolute atomic E-state index is 12.6. The van der Waals surface area contributed by atoms with E-state index in [0.29, 0.717) is 22.7 Å². The van der Waals surface area contributed by atoms with Crippen LogP contribution in [-0.2, 0) is 14.8 Å². The van der Waals surface area contributed by atoms with E-state index in [2.05, 4.69) is 26.0 Å². The van der Waals surface area contributed by atoms with Crippen molar-refractivity contribution in [1.82, 2.24) is 0 Å². The van der Waals surface area contributed by atoms with Crippen molar-refractivity contribution in [2.45, 2.75) is 11.8 Å².